The maximum absolute atomic E-state index is 12.6. The van der Waals surface area contributed by atoms with Gasteiger partial charge < -0.3 is 14.5 Å². The molecule has 1 aromatic carbocycles. The van der Waals surface area contributed by atoms with Gasteiger partial charge in [0.2, 0.25) is 5.91 Å². The number of pyridine rings is 1. The molecule has 0 atom stereocenters. The number of fused-ring (bicyclic) bond motifs is 1. The second-order valence-electron chi connectivity index (χ2n) is 8.47. The number of urea groups is 1. The lowest BCUT2D eigenvalue weighted by atomic mass is 10.1. The number of esters is 1. The van der Waals surface area contributed by atoms with Crippen LogP contribution in [0, 0.1) is 0 Å². The molecule has 170 valence electrons. The number of hydrogen-bond acceptors (Lipinski definition) is 6. The summed E-state index contributed by atoms with van der Waals surface area (Å²) < 4.78 is 7.19. The van der Waals surface area contributed by atoms with Crippen LogP contribution in [0.15, 0.2) is 48.8 Å². The number of nitrogens with zero attached hydrogens (tertiary/aromatic N) is 4. The first-order valence-corrected chi connectivity index (χ1v) is 11.0. The summed E-state index contributed by atoms with van der Waals surface area (Å²) >= 11 is 0. The van der Waals surface area contributed by atoms with Gasteiger partial charge in [0, 0.05) is 26.0 Å². The van der Waals surface area contributed by atoms with Crippen molar-refractivity contribution >= 4 is 29.2 Å². The molecule has 1 saturated heterocycles. The molecule has 3 aromatic rings. The lowest BCUT2D eigenvalue weighted by molar-refractivity contribution is -0.143. The molecular formula is C24H25N5O4. The van der Waals surface area contributed by atoms with E-state index in [9.17, 15) is 14.4 Å². The summed E-state index contributed by atoms with van der Waals surface area (Å²) in [5.74, 6) is -0.108. The van der Waals surface area contributed by atoms with Gasteiger partial charge in [-0.15, -0.1) is 0 Å². The predicted molar refractivity (Wildman–Crippen MR) is 121 cm³/mol. The molecule has 0 radical (unpaired) electrons. The van der Waals surface area contributed by atoms with Crippen molar-refractivity contribution in [2.45, 2.75) is 31.9 Å². The van der Waals surface area contributed by atoms with E-state index in [0.717, 1.165) is 34.6 Å². The number of likely N-dealkylation sites (N-methyl/N-ethyl adjacent to an activating group) is 1. The number of carbonyl (C=O) groups is 3. The Kier molecular flexibility index (Phi) is 5.55. The molecule has 0 spiro atoms. The second kappa shape index (κ2) is 8.67. The highest BCUT2D eigenvalue weighted by Gasteiger charge is 2.36. The zero-order valence-corrected chi connectivity index (χ0v) is 18.4. The summed E-state index contributed by atoms with van der Waals surface area (Å²) in [6.07, 6.45) is 6.16. The number of imidazole rings is 1. The number of nitrogens with one attached hydrogen (secondary N) is 1. The van der Waals surface area contributed by atoms with Crippen LogP contribution in [-0.2, 0) is 27.5 Å². The van der Waals surface area contributed by atoms with E-state index in [1.165, 1.54) is 11.9 Å². The molecule has 1 saturated carbocycles. The fraction of sp³-hybridized carbons (Fsp3) is 0.333. The molecule has 0 unspecified atom stereocenters. The Morgan fingerprint density at radius 1 is 1.18 bits per heavy atom. The van der Waals surface area contributed by atoms with E-state index < -0.39 is 0 Å². The van der Waals surface area contributed by atoms with Gasteiger partial charge in [-0.3, -0.25) is 19.4 Å². The highest BCUT2D eigenvalue weighted by Crippen LogP contribution is 2.42. The molecule has 3 heterocycles. The van der Waals surface area contributed by atoms with E-state index in [2.05, 4.69) is 10.3 Å². The van der Waals surface area contributed by atoms with E-state index >= 15 is 0 Å². The number of ether oxygens (including phenoxy) is 1. The highest BCUT2D eigenvalue weighted by molar-refractivity contribution is 6.13. The Hall–Kier alpha value is -3.72. The van der Waals surface area contributed by atoms with Gasteiger partial charge in [0.25, 0.3) is 0 Å². The van der Waals surface area contributed by atoms with Gasteiger partial charge >= 0.3 is 12.0 Å². The van der Waals surface area contributed by atoms with Crippen molar-refractivity contribution in [3.05, 3.63) is 65.6 Å². The summed E-state index contributed by atoms with van der Waals surface area (Å²) in [5.41, 5.74) is 4.04. The lowest BCUT2D eigenvalue weighted by Crippen LogP contribution is -2.30. The predicted octanol–water partition coefficient (Wildman–Crippen LogP) is 2.44. The molecule has 2 fully saturated rings. The van der Waals surface area contributed by atoms with Crippen LogP contribution in [0.2, 0.25) is 0 Å². The average molecular weight is 447 g/mol. The van der Waals surface area contributed by atoms with Crippen LogP contribution in [0.5, 0.6) is 0 Å². The van der Waals surface area contributed by atoms with Gasteiger partial charge in [0.15, 0.2) is 5.65 Å². The van der Waals surface area contributed by atoms with Gasteiger partial charge in [-0.1, -0.05) is 30.3 Å². The van der Waals surface area contributed by atoms with Gasteiger partial charge in [-0.2, -0.15) is 0 Å². The van der Waals surface area contributed by atoms with E-state index in [0.29, 0.717) is 23.8 Å². The van der Waals surface area contributed by atoms with Crippen molar-refractivity contribution in [2.24, 2.45) is 0 Å². The largest absolute Gasteiger partial charge is 0.460 e. The van der Waals surface area contributed by atoms with Gasteiger partial charge in [-0.05, 0) is 36.0 Å². The number of benzene rings is 1. The summed E-state index contributed by atoms with van der Waals surface area (Å²) in [6, 6.07) is 11.1. The third kappa shape index (κ3) is 4.45. The summed E-state index contributed by atoms with van der Waals surface area (Å²) in [4.78, 5) is 44.0. The van der Waals surface area contributed by atoms with Crippen molar-refractivity contribution in [2.75, 3.05) is 25.0 Å². The standard InChI is InChI=1S/C24H25N5O4/c1-27-21(30)14-29(24(27)32)20-9-18(17-7-8-17)12-28-13-19(26-23(20)28)10-25-11-22(31)33-15-16-5-3-2-4-6-16/h2-6,9,12-13,17,25H,7-8,10-11,14-15H2,1H3. The average Bonchev–Trinajstić information content (AvgIpc) is 3.54. The Balaban J connectivity index is 1.28. The first-order valence-electron chi connectivity index (χ1n) is 11.0. The maximum Gasteiger partial charge on any atom is 0.331 e. The number of imide groups is 1. The third-order valence-corrected chi connectivity index (χ3v) is 5.95. The van der Waals surface area contributed by atoms with Crippen molar-refractivity contribution in [3.63, 3.8) is 0 Å². The number of hydrogen-bond donors (Lipinski definition) is 1. The van der Waals surface area contributed by atoms with Crippen LogP contribution in [0.1, 0.15) is 35.6 Å². The SMILES string of the molecule is CN1C(=O)CN(c2cc(C3CC3)cn3cc(CNCC(=O)OCc4ccccc4)nc23)C1=O. The first-order chi connectivity index (χ1) is 16.0. The van der Waals surface area contributed by atoms with Gasteiger partial charge in [-0.25, -0.2) is 9.78 Å². The molecule has 2 aromatic heterocycles. The second-order valence-corrected chi connectivity index (χ2v) is 8.47. The summed E-state index contributed by atoms with van der Waals surface area (Å²) in [6.45, 7) is 0.671. The molecule has 33 heavy (non-hydrogen) atoms. The minimum atomic E-state index is -0.348. The van der Waals surface area contributed by atoms with Crippen LogP contribution in [0.25, 0.3) is 5.65 Å². The summed E-state index contributed by atoms with van der Waals surface area (Å²) in [7, 11) is 1.49. The number of rotatable bonds is 8. The van der Waals surface area contributed by atoms with Crippen molar-refractivity contribution in [1.29, 1.82) is 0 Å². The quantitative estimate of drug-likeness (QED) is 0.421. The molecule has 1 aliphatic carbocycles. The molecule has 5 rings (SSSR count). The van der Waals surface area contributed by atoms with Gasteiger partial charge in [0.05, 0.1) is 17.9 Å². The van der Waals surface area contributed by atoms with E-state index in [1.54, 1.807) is 0 Å². The van der Waals surface area contributed by atoms with Crippen LogP contribution in [-0.4, -0.2) is 52.3 Å². The highest BCUT2D eigenvalue weighted by atomic mass is 16.5. The van der Waals surface area contributed by atoms with Crippen LogP contribution >= 0.6 is 0 Å². The zero-order chi connectivity index (χ0) is 22.9. The topological polar surface area (TPSA) is 96.2 Å². The molecule has 1 aliphatic heterocycles. The molecule has 9 heteroatoms. The number of amides is 3. The zero-order valence-electron chi connectivity index (χ0n) is 18.4. The van der Waals surface area contributed by atoms with Crippen molar-refractivity contribution in [1.82, 2.24) is 19.6 Å². The third-order valence-electron chi connectivity index (χ3n) is 5.95. The molecule has 0 bridgehead atoms. The first kappa shape index (κ1) is 21.1. The normalized spacial score (nSPS) is 16.2. The Morgan fingerprint density at radius 2 is 1.97 bits per heavy atom. The van der Waals surface area contributed by atoms with Crippen LogP contribution in [0.4, 0.5) is 10.5 Å². The Labute approximate surface area is 190 Å². The molecule has 3 amide bonds. The minimum Gasteiger partial charge on any atom is -0.460 e. The van der Waals surface area contributed by atoms with Crippen LogP contribution < -0.4 is 10.2 Å². The van der Waals surface area contributed by atoms with E-state index in [4.69, 9.17) is 4.74 Å². The molecule has 2 aliphatic rings. The molecular weight excluding hydrogens is 422 g/mol. The number of anilines is 1. The fourth-order valence-electron chi connectivity index (χ4n) is 3.94. The maximum atomic E-state index is 12.6. The van der Waals surface area contributed by atoms with Crippen LogP contribution in [0.3, 0.4) is 0 Å². The smallest absolute Gasteiger partial charge is 0.331 e. The fourth-order valence-corrected chi connectivity index (χ4v) is 3.94. The van der Waals surface area contributed by atoms with E-state index in [-0.39, 0.29) is 37.6 Å². The Bertz CT molecular complexity index is 1220. The lowest BCUT2D eigenvalue weighted by Gasteiger charge is -2.17. The van der Waals surface area contributed by atoms with Gasteiger partial charge in [0.1, 0.15) is 13.2 Å². The molecule has 9 nitrogen and oxygen atoms in total. The number of carbonyl (C=O) groups excluding carboxylic acids is 3. The van der Waals surface area contributed by atoms with E-state index in [1.807, 2.05) is 53.2 Å². The minimum absolute atomic E-state index is 0.00676. The summed E-state index contributed by atoms with van der Waals surface area (Å²) in [5, 5.41) is 3.07. The Morgan fingerprint density at radius 3 is 2.67 bits per heavy atom. The number of aromatic nitrogens is 2. The van der Waals surface area contributed by atoms with Crippen molar-refractivity contribution < 1.29 is 19.1 Å². The van der Waals surface area contributed by atoms with Crippen molar-refractivity contribution in [3.8, 4) is 0 Å². The monoisotopic (exact) mass is 447 g/mol. The molecule has 1 N–H and O–H groups in total.